The van der Waals surface area contributed by atoms with Crippen LogP contribution in [-0.2, 0) is 20.7 Å². The molecule has 0 spiro atoms. The van der Waals surface area contributed by atoms with Crippen LogP contribution in [0.1, 0.15) is 12.0 Å². The smallest absolute Gasteiger partial charge is 0.385 e. The molecule has 0 atom stereocenters. The number of benzene rings is 1. The van der Waals surface area contributed by atoms with Crippen LogP contribution in [0, 0.1) is 0 Å². The van der Waals surface area contributed by atoms with E-state index in [2.05, 4.69) is 30.4 Å². The molecule has 222 valence electrons. The Morgan fingerprint density at radius 1 is 0.929 bits per heavy atom. The molecule has 6 rings (SSSR count). The predicted molar refractivity (Wildman–Crippen MR) is 158 cm³/mol. The Labute approximate surface area is 244 Å². The third kappa shape index (κ3) is 6.78. The van der Waals surface area contributed by atoms with Gasteiger partial charge >= 0.3 is 6.09 Å². The Morgan fingerprint density at radius 3 is 2.36 bits per heavy atom. The van der Waals surface area contributed by atoms with Gasteiger partial charge < -0.3 is 30.3 Å². The molecule has 0 bridgehead atoms. The highest BCUT2D eigenvalue weighted by Gasteiger charge is 2.31. The topological polar surface area (TPSA) is 156 Å². The van der Waals surface area contributed by atoms with E-state index in [1.807, 2.05) is 24.3 Å². The number of nitrogens with two attached hydrogens (primary N) is 1. The number of ether oxygens (including phenoxy) is 2. The molecule has 2 aromatic heterocycles. The minimum Gasteiger partial charge on any atom is -0.385 e. The third-order valence-electron chi connectivity index (χ3n) is 7.42. The van der Waals surface area contributed by atoms with Crippen molar-refractivity contribution in [3.05, 3.63) is 42.2 Å². The molecule has 0 saturated carbocycles. The lowest BCUT2D eigenvalue weighted by atomic mass is 10.1. The van der Waals surface area contributed by atoms with E-state index in [-0.39, 0.29) is 5.95 Å². The molecule has 5 heterocycles. The first-order chi connectivity index (χ1) is 20.6. The fourth-order valence-corrected chi connectivity index (χ4v) is 5.18. The van der Waals surface area contributed by atoms with Crippen LogP contribution in [0.15, 0.2) is 36.7 Å². The van der Waals surface area contributed by atoms with E-state index < -0.39 is 6.09 Å². The van der Waals surface area contributed by atoms with Crippen LogP contribution in [0.25, 0.3) is 11.3 Å². The number of aromatic nitrogens is 4. The molecule has 0 unspecified atom stereocenters. The number of hydroxylamine groups is 1. The maximum Gasteiger partial charge on any atom is 0.436 e. The van der Waals surface area contributed by atoms with Gasteiger partial charge in [0.25, 0.3) is 0 Å². The summed E-state index contributed by atoms with van der Waals surface area (Å²) < 4.78 is 10.9. The van der Waals surface area contributed by atoms with Gasteiger partial charge in [-0.05, 0) is 43.7 Å². The van der Waals surface area contributed by atoms with Crippen LogP contribution in [0.4, 0.5) is 33.9 Å². The Morgan fingerprint density at radius 2 is 1.62 bits per heavy atom. The zero-order valence-corrected chi connectivity index (χ0v) is 23.5. The molecule has 2 saturated heterocycles. The summed E-state index contributed by atoms with van der Waals surface area (Å²) in [6.45, 7) is 8.51. The molecule has 4 N–H and O–H groups in total. The van der Waals surface area contributed by atoms with Gasteiger partial charge in [0.2, 0.25) is 11.9 Å². The van der Waals surface area contributed by atoms with Gasteiger partial charge in [-0.3, -0.25) is 10.2 Å². The molecule has 1 aromatic carbocycles. The predicted octanol–water partition coefficient (Wildman–Crippen LogP) is 2.01. The zero-order valence-electron chi connectivity index (χ0n) is 23.5. The molecule has 0 aliphatic carbocycles. The lowest BCUT2D eigenvalue weighted by Crippen LogP contribution is -2.37. The number of nitrogen functional groups attached to an aromatic ring is 1. The fraction of sp³-hybridized carbons (Fsp3) is 0.464. The molecule has 14 nitrogen and oxygen atoms in total. The van der Waals surface area contributed by atoms with Crippen LogP contribution in [0.5, 0.6) is 0 Å². The molecule has 42 heavy (non-hydrogen) atoms. The van der Waals surface area contributed by atoms with Gasteiger partial charge in [-0.25, -0.2) is 19.7 Å². The molecule has 1 amide bonds. The van der Waals surface area contributed by atoms with Gasteiger partial charge in [0.05, 0.1) is 38.7 Å². The largest absolute Gasteiger partial charge is 0.436 e. The first-order valence-corrected chi connectivity index (χ1v) is 14.3. The van der Waals surface area contributed by atoms with E-state index in [9.17, 15) is 4.79 Å². The second kappa shape index (κ2) is 13.1. The van der Waals surface area contributed by atoms with Crippen LogP contribution in [0.3, 0.4) is 0 Å². The summed E-state index contributed by atoms with van der Waals surface area (Å²) in [5.74, 6) is 1.27. The monoisotopic (exact) mass is 576 g/mol. The summed E-state index contributed by atoms with van der Waals surface area (Å²) in [6.07, 6.45) is 4.34. The lowest BCUT2D eigenvalue weighted by molar-refractivity contribution is 0.0378. The fourth-order valence-electron chi connectivity index (χ4n) is 5.18. The van der Waals surface area contributed by atoms with Gasteiger partial charge in [-0.2, -0.15) is 10.0 Å². The summed E-state index contributed by atoms with van der Waals surface area (Å²) in [6, 6.07) is 7.58. The van der Waals surface area contributed by atoms with Gasteiger partial charge in [0.15, 0.2) is 5.82 Å². The van der Waals surface area contributed by atoms with Crippen molar-refractivity contribution in [3.63, 3.8) is 0 Å². The second-order valence-corrected chi connectivity index (χ2v) is 10.3. The summed E-state index contributed by atoms with van der Waals surface area (Å²) >= 11 is 0. The normalized spacial score (nSPS) is 17.1. The molecule has 14 heteroatoms. The molecule has 3 aliphatic heterocycles. The number of amides is 1. The average molecular weight is 577 g/mol. The van der Waals surface area contributed by atoms with Crippen molar-refractivity contribution < 1.29 is 19.1 Å². The van der Waals surface area contributed by atoms with Crippen molar-refractivity contribution in [2.45, 2.75) is 12.8 Å². The number of anilines is 5. The van der Waals surface area contributed by atoms with Gasteiger partial charge in [-0.15, -0.1) is 0 Å². The standard InChI is InChI=1S/C28H36N10O4/c29-26-31-18-20(19-32-26)24-23-6-9-38(25(23)35-27(34-24)37-12-16-41-17-13-37)42-28(39)33-22-4-2-21(3-5-22)30-7-1-8-36-10-14-40-15-11-36/h2-5,18-19,30H,1,6-17H2,(H,33,39)(H2,29,31,32). The average Bonchev–Trinajstić information content (AvgIpc) is 3.43. The van der Waals surface area contributed by atoms with E-state index in [1.54, 1.807) is 12.4 Å². The first kappa shape index (κ1) is 27.9. The van der Waals surface area contributed by atoms with E-state index in [1.165, 1.54) is 5.06 Å². The number of carbonyl (C=O) groups excluding carboxylic acids is 1. The van der Waals surface area contributed by atoms with E-state index in [0.717, 1.165) is 62.6 Å². The number of rotatable bonds is 9. The van der Waals surface area contributed by atoms with Gasteiger partial charge in [0.1, 0.15) is 0 Å². The summed E-state index contributed by atoms with van der Waals surface area (Å²) in [5, 5.41) is 7.77. The maximum atomic E-state index is 12.9. The molecule has 3 aromatic rings. The zero-order chi connectivity index (χ0) is 28.7. The number of nitrogens with one attached hydrogen (secondary N) is 2. The van der Waals surface area contributed by atoms with Crippen molar-refractivity contribution in [2.24, 2.45) is 0 Å². The summed E-state index contributed by atoms with van der Waals surface area (Å²) in [7, 11) is 0. The molecular formula is C28H36N10O4. The number of nitrogens with zero attached hydrogens (tertiary/aromatic N) is 7. The van der Waals surface area contributed by atoms with Crippen molar-refractivity contribution in [2.75, 3.05) is 98.6 Å². The Balaban J connectivity index is 1.08. The van der Waals surface area contributed by atoms with E-state index in [0.29, 0.717) is 62.4 Å². The summed E-state index contributed by atoms with van der Waals surface area (Å²) in [5.41, 5.74) is 9.61. The minimum absolute atomic E-state index is 0.187. The quantitative estimate of drug-likeness (QED) is 0.318. The Hall–Kier alpha value is -4.27. The van der Waals surface area contributed by atoms with Crippen molar-refractivity contribution in [1.29, 1.82) is 0 Å². The van der Waals surface area contributed by atoms with Crippen LogP contribution < -0.4 is 26.3 Å². The van der Waals surface area contributed by atoms with Crippen molar-refractivity contribution in [1.82, 2.24) is 24.8 Å². The number of hydrogen-bond donors (Lipinski definition) is 3. The molecule has 2 fully saturated rings. The Bertz CT molecular complexity index is 1350. The van der Waals surface area contributed by atoms with Gasteiger partial charge in [0, 0.05) is 67.6 Å². The van der Waals surface area contributed by atoms with Crippen molar-refractivity contribution >= 4 is 35.2 Å². The third-order valence-corrected chi connectivity index (χ3v) is 7.42. The molecule has 3 aliphatic rings. The Kier molecular flexibility index (Phi) is 8.72. The highest BCUT2D eigenvalue weighted by molar-refractivity contribution is 5.86. The van der Waals surface area contributed by atoms with Crippen LogP contribution in [-0.4, -0.2) is 103 Å². The molecular weight excluding hydrogens is 540 g/mol. The van der Waals surface area contributed by atoms with E-state index in [4.69, 9.17) is 30.0 Å². The number of carbonyl (C=O) groups is 1. The highest BCUT2D eigenvalue weighted by Crippen LogP contribution is 2.35. The number of hydrogen-bond acceptors (Lipinski definition) is 13. The van der Waals surface area contributed by atoms with Gasteiger partial charge in [-0.1, -0.05) is 0 Å². The lowest BCUT2D eigenvalue weighted by Gasteiger charge is -2.28. The maximum absolute atomic E-state index is 12.9. The SMILES string of the molecule is Nc1ncc(-c2nc(N3CCOCC3)nc3c2CCN3OC(=O)Nc2ccc(NCCCN3CCOCC3)cc2)cn1. The van der Waals surface area contributed by atoms with Crippen LogP contribution in [0.2, 0.25) is 0 Å². The number of fused-ring (bicyclic) bond motifs is 1. The van der Waals surface area contributed by atoms with Crippen LogP contribution >= 0.6 is 0 Å². The van der Waals surface area contributed by atoms with Crippen molar-refractivity contribution in [3.8, 4) is 11.3 Å². The second-order valence-electron chi connectivity index (χ2n) is 10.3. The first-order valence-electron chi connectivity index (χ1n) is 14.3. The number of morpholine rings is 2. The highest BCUT2D eigenvalue weighted by atomic mass is 16.7. The van der Waals surface area contributed by atoms with E-state index >= 15 is 0 Å². The molecule has 0 radical (unpaired) electrons. The minimum atomic E-state index is -0.599. The summed E-state index contributed by atoms with van der Waals surface area (Å²) in [4.78, 5) is 41.0.